The minimum absolute atomic E-state index is 0.329. The summed E-state index contributed by atoms with van der Waals surface area (Å²) in [4.78, 5) is 4.15. The molecule has 16 heavy (non-hydrogen) atoms. The number of hydrogen-bond donors (Lipinski definition) is 1. The average Bonchev–Trinajstić information content (AvgIpc) is 2.86. The van der Waals surface area contributed by atoms with Crippen LogP contribution in [0.1, 0.15) is 12.1 Å². The Kier molecular flexibility index (Phi) is 2.25. The zero-order valence-electron chi connectivity index (χ0n) is 8.97. The van der Waals surface area contributed by atoms with E-state index in [1.807, 2.05) is 16.6 Å². The van der Waals surface area contributed by atoms with Crippen molar-refractivity contribution >= 4 is 11.6 Å². The Labute approximate surface area is 93.2 Å². The molecule has 0 radical (unpaired) electrons. The van der Waals surface area contributed by atoms with Gasteiger partial charge in [0.2, 0.25) is 5.95 Å². The zero-order valence-corrected chi connectivity index (χ0v) is 8.97. The molecule has 1 aliphatic rings. The molecule has 1 aliphatic heterocycles. The highest BCUT2D eigenvalue weighted by atomic mass is 16.5. The molecule has 3 rings (SSSR count). The molecule has 0 amide bonds. The van der Waals surface area contributed by atoms with E-state index in [4.69, 9.17) is 10.5 Å². The molecular formula is C11H14N4O. The minimum atomic E-state index is 0.329. The Morgan fingerprint density at radius 1 is 1.50 bits per heavy atom. The lowest BCUT2D eigenvalue weighted by molar-refractivity contribution is 0.185. The summed E-state index contributed by atoms with van der Waals surface area (Å²) in [6, 6.07) is 5.98. The molecule has 1 unspecified atom stereocenters. The first-order valence-electron chi connectivity index (χ1n) is 5.51. The van der Waals surface area contributed by atoms with E-state index in [9.17, 15) is 0 Å². The third-order valence-electron chi connectivity index (χ3n) is 2.98. The third kappa shape index (κ3) is 1.63. The summed E-state index contributed by atoms with van der Waals surface area (Å²) < 4.78 is 7.20. The van der Waals surface area contributed by atoms with Crippen molar-refractivity contribution in [3.8, 4) is 0 Å². The van der Waals surface area contributed by atoms with Gasteiger partial charge in [0.15, 0.2) is 5.65 Å². The van der Waals surface area contributed by atoms with Gasteiger partial charge >= 0.3 is 0 Å². The number of aromatic nitrogens is 3. The molecule has 2 N–H and O–H groups in total. The average molecular weight is 218 g/mol. The summed E-state index contributed by atoms with van der Waals surface area (Å²) in [6.45, 7) is 1.72. The van der Waals surface area contributed by atoms with Gasteiger partial charge in [-0.15, -0.1) is 5.10 Å². The summed E-state index contributed by atoms with van der Waals surface area (Å²) >= 11 is 0. The first kappa shape index (κ1) is 9.59. The van der Waals surface area contributed by atoms with E-state index >= 15 is 0 Å². The van der Waals surface area contributed by atoms with E-state index in [-0.39, 0.29) is 0 Å². The van der Waals surface area contributed by atoms with Gasteiger partial charge in [-0.3, -0.25) is 0 Å². The summed E-state index contributed by atoms with van der Waals surface area (Å²) in [7, 11) is 0. The molecule has 5 heteroatoms. The first-order chi connectivity index (χ1) is 7.83. The van der Waals surface area contributed by atoms with Crippen molar-refractivity contribution in [3.05, 3.63) is 23.9 Å². The lowest BCUT2D eigenvalue weighted by atomic mass is 10.0. The van der Waals surface area contributed by atoms with Gasteiger partial charge in [-0.05, 0) is 30.9 Å². The SMILES string of the molecule is Nc1nc2cccc(CC3CCOC3)n2n1. The molecule has 0 bridgehead atoms. The molecule has 1 saturated heterocycles. The summed E-state index contributed by atoms with van der Waals surface area (Å²) in [6.07, 6.45) is 2.10. The standard InChI is InChI=1S/C11H14N4O/c12-11-13-10-3-1-2-9(15(10)14-11)6-8-4-5-16-7-8/h1-3,8H,4-7H2,(H2,12,14). The number of nitrogens with two attached hydrogens (primary N) is 1. The van der Waals surface area contributed by atoms with Crippen LogP contribution in [0.5, 0.6) is 0 Å². The number of fused-ring (bicyclic) bond motifs is 1. The van der Waals surface area contributed by atoms with Crippen LogP contribution in [0.25, 0.3) is 5.65 Å². The van der Waals surface area contributed by atoms with E-state index < -0.39 is 0 Å². The van der Waals surface area contributed by atoms with Crippen molar-refractivity contribution in [1.82, 2.24) is 14.6 Å². The fraction of sp³-hybridized carbons (Fsp3) is 0.455. The summed E-state index contributed by atoms with van der Waals surface area (Å²) in [5.74, 6) is 0.922. The molecule has 3 heterocycles. The van der Waals surface area contributed by atoms with Crippen LogP contribution in [0.3, 0.4) is 0 Å². The second-order valence-corrected chi connectivity index (χ2v) is 4.19. The molecule has 0 spiro atoms. The number of hydrogen-bond acceptors (Lipinski definition) is 4. The highest BCUT2D eigenvalue weighted by Crippen LogP contribution is 2.18. The Bertz CT molecular complexity index is 502. The lowest BCUT2D eigenvalue weighted by Gasteiger charge is -2.08. The Morgan fingerprint density at radius 2 is 2.44 bits per heavy atom. The fourth-order valence-corrected chi connectivity index (χ4v) is 2.17. The molecule has 2 aromatic rings. The molecule has 0 saturated carbocycles. The molecule has 2 aromatic heterocycles. The topological polar surface area (TPSA) is 65.4 Å². The molecule has 5 nitrogen and oxygen atoms in total. The van der Waals surface area contributed by atoms with Crippen molar-refractivity contribution in [3.63, 3.8) is 0 Å². The van der Waals surface area contributed by atoms with Crippen molar-refractivity contribution in [2.24, 2.45) is 5.92 Å². The molecule has 1 atom stereocenters. The van der Waals surface area contributed by atoms with Gasteiger partial charge in [0.05, 0.1) is 0 Å². The van der Waals surface area contributed by atoms with Gasteiger partial charge in [-0.1, -0.05) is 6.07 Å². The van der Waals surface area contributed by atoms with Gasteiger partial charge in [-0.2, -0.15) is 4.98 Å². The highest BCUT2D eigenvalue weighted by Gasteiger charge is 2.17. The van der Waals surface area contributed by atoms with Crippen LogP contribution in [-0.2, 0) is 11.2 Å². The maximum Gasteiger partial charge on any atom is 0.240 e. The predicted octanol–water partition coefficient (Wildman–Crippen LogP) is 0.890. The Morgan fingerprint density at radius 3 is 3.25 bits per heavy atom. The van der Waals surface area contributed by atoms with Crippen molar-refractivity contribution in [2.75, 3.05) is 18.9 Å². The molecular weight excluding hydrogens is 204 g/mol. The number of nitrogen functional groups attached to an aromatic ring is 1. The molecule has 84 valence electrons. The van der Waals surface area contributed by atoms with E-state index in [2.05, 4.69) is 16.1 Å². The lowest BCUT2D eigenvalue weighted by Crippen LogP contribution is -2.08. The van der Waals surface area contributed by atoms with Crippen LogP contribution in [0, 0.1) is 5.92 Å². The highest BCUT2D eigenvalue weighted by molar-refractivity contribution is 5.42. The van der Waals surface area contributed by atoms with Crippen molar-refractivity contribution < 1.29 is 4.74 Å². The summed E-state index contributed by atoms with van der Waals surface area (Å²) in [5.41, 5.74) is 7.56. The van der Waals surface area contributed by atoms with Crippen LogP contribution in [0.2, 0.25) is 0 Å². The van der Waals surface area contributed by atoms with Gasteiger partial charge in [0.25, 0.3) is 0 Å². The second-order valence-electron chi connectivity index (χ2n) is 4.19. The number of nitrogens with zero attached hydrogens (tertiary/aromatic N) is 3. The van der Waals surface area contributed by atoms with E-state index in [0.717, 1.165) is 37.4 Å². The molecule has 0 aliphatic carbocycles. The molecule has 0 aromatic carbocycles. The van der Waals surface area contributed by atoms with Gasteiger partial charge < -0.3 is 10.5 Å². The van der Waals surface area contributed by atoms with Gasteiger partial charge in [0.1, 0.15) is 0 Å². The number of ether oxygens (including phenoxy) is 1. The van der Waals surface area contributed by atoms with Gasteiger partial charge in [0, 0.05) is 18.9 Å². The van der Waals surface area contributed by atoms with E-state index in [1.54, 1.807) is 0 Å². The normalized spacial score (nSPS) is 20.6. The number of pyridine rings is 1. The van der Waals surface area contributed by atoms with Crippen molar-refractivity contribution in [1.29, 1.82) is 0 Å². The van der Waals surface area contributed by atoms with Crippen molar-refractivity contribution in [2.45, 2.75) is 12.8 Å². The largest absolute Gasteiger partial charge is 0.381 e. The number of anilines is 1. The number of rotatable bonds is 2. The van der Waals surface area contributed by atoms with E-state index in [1.165, 1.54) is 0 Å². The smallest absolute Gasteiger partial charge is 0.240 e. The first-order valence-corrected chi connectivity index (χ1v) is 5.51. The second kappa shape index (κ2) is 3.75. The monoisotopic (exact) mass is 218 g/mol. The van der Waals surface area contributed by atoms with Crippen LogP contribution in [0.4, 0.5) is 5.95 Å². The molecule has 1 fully saturated rings. The maximum absolute atomic E-state index is 5.60. The maximum atomic E-state index is 5.60. The third-order valence-corrected chi connectivity index (χ3v) is 2.98. The van der Waals surface area contributed by atoms with Crippen LogP contribution in [-0.4, -0.2) is 27.8 Å². The minimum Gasteiger partial charge on any atom is -0.381 e. The Hall–Kier alpha value is -1.62. The van der Waals surface area contributed by atoms with E-state index in [0.29, 0.717) is 11.9 Å². The Balaban J connectivity index is 1.95. The van der Waals surface area contributed by atoms with Gasteiger partial charge in [-0.25, -0.2) is 4.52 Å². The summed E-state index contributed by atoms with van der Waals surface area (Å²) in [5, 5.41) is 4.20. The van der Waals surface area contributed by atoms with Crippen LogP contribution in [0.15, 0.2) is 18.2 Å². The zero-order chi connectivity index (χ0) is 11.0. The fourth-order valence-electron chi connectivity index (χ4n) is 2.17. The predicted molar refractivity (Wildman–Crippen MR) is 60.0 cm³/mol. The quantitative estimate of drug-likeness (QED) is 0.813. The van der Waals surface area contributed by atoms with Crippen LogP contribution >= 0.6 is 0 Å². The van der Waals surface area contributed by atoms with Crippen LogP contribution < -0.4 is 5.73 Å².